The van der Waals surface area contributed by atoms with Gasteiger partial charge in [0.15, 0.2) is 5.75 Å². The molecule has 2 N–H and O–H groups in total. The molecule has 1 unspecified atom stereocenters. The smallest absolute Gasteiger partial charge is 0.310 e. The summed E-state index contributed by atoms with van der Waals surface area (Å²) in [5.41, 5.74) is 0.402. The fraction of sp³-hybridized carbons (Fsp3) is 0.118. The van der Waals surface area contributed by atoms with Crippen LogP contribution in [0.2, 0.25) is 0 Å². The van der Waals surface area contributed by atoms with E-state index in [9.17, 15) is 20.0 Å². The van der Waals surface area contributed by atoms with Gasteiger partial charge in [0.1, 0.15) is 11.3 Å². The predicted octanol–water partition coefficient (Wildman–Crippen LogP) is 3.54. The lowest BCUT2D eigenvalue weighted by Crippen LogP contribution is -2.26. The molecule has 0 saturated carbocycles. The molecular weight excluding hydrogens is 312 g/mol. The van der Waals surface area contributed by atoms with E-state index < -0.39 is 28.3 Å². The summed E-state index contributed by atoms with van der Waals surface area (Å²) >= 11 is 0. The number of aromatic hydroxyl groups is 1. The van der Waals surface area contributed by atoms with Gasteiger partial charge in [-0.2, -0.15) is 0 Å². The number of benzene rings is 2. The minimum atomic E-state index is -0.714. The number of para-hydroxylation sites is 1. The van der Waals surface area contributed by atoms with Crippen molar-refractivity contribution in [3.63, 3.8) is 0 Å². The van der Waals surface area contributed by atoms with Gasteiger partial charge < -0.3 is 14.8 Å². The Hall–Kier alpha value is -3.35. The number of furan rings is 1. The van der Waals surface area contributed by atoms with Gasteiger partial charge in [-0.1, -0.05) is 18.2 Å². The highest BCUT2D eigenvalue weighted by Gasteiger charge is 2.19. The van der Waals surface area contributed by atoms with Gasteiger partial charge in [-0.15, -0.1) is 0 Å². The number of carbonyl (C=O) groups excluding carboxylic acids is 1. The Balaban J connectivity index is 1.78. The minimum Gasteiger partial charge on any atom is -0.502 e. The molecule has 1 amide bonds. The molecule has 1 aromatic heterocycles. The van der Waals surface area contributed by atoms with E-state index >= 15 is 0 Å². The molecule has 0 saturated heterocycles. The summed E-state index contributed by atoms with van der Waals surface area (Å²) in [6.07, 6.45) is 0. The SMILES string of the molecule is CC(NC(=O)c1ccc([N+](=O)[O-])c(O)c1)c1cc2ccccc2o1. The minimum absolute atomic E-state index is 0.126. The first-order chi connectivity index (χ1) is 11.5. The third kappa shape index (κ3) is 2.91. The molecule has 0 fully saturated rings. The molecule has 1 heterocycles. The average molecular weight is 326 g/mol. The van der Waals surface area contributed by atoms with Crippen molar-refractivity contribution in [3.05, 3.63) is 70.0 Å². The summed E-state index contributed by atoms with van der Waals surface area (Å²) < 4.78 is 5.69. The zero-order chi connectivity index (χ0) is 17.3. The summed E-state index contributed by atoms with van der Waals surface area (Å²) in [6.45, 7) is 1.76. The number of nitrogens with zero attached hydrogens (tertiary/aromatic N) is 1. The van der Waals surface area contributed by atoms with Crippen molar-refractivity contribution < 1.29 is 19.2 Å². The largest absolute Gasteiger partial charge is 0.502 e. The first-order valence-corrected chi connectivity index (χ1v) is 7.22. The predicted molar refractivity (Wildman–Crippen MR) is 86.9 cm³/mol. The Morgan fingerprint density at radius 3 is 2.67 bits per heavy atom. The van der Waals surface area contributed by atoms with Crippen molar-refractivity contribution in [2.45, 2.75) is 13.0 Å². The van der Waals surface area contributed by atoms with Gasteiger partial charge in [-0.05, 0) is 31.2 Å². The number of amides is 1. The fourth-order valence-corrected chi connectivity index (χ4v) is 2.39. The normalized spacial score (nSPS) is 12.0. The lowest BCUT2D eigenvalue weighted by Gasteiger charge is -2.11. The Labute approximate surface area is 136 Å². The van der Waals surface area contributed by atoms with Crippen LogP contribution in [-0.4, -0.2) is 15.9 Å². The summed E-state index contributed by atoms with van der Waals surface area (Å²) in [6, 6.07) is 12.4. The Morgan fingerprint density at radius 2 is 2.00 bits per heavy atom. The van der Waals surface area contributed by atoms with E-state index in [1.807, 2.05) is 30.3 Å². The van der Waals surface area contributed by atoms with Crippen LogP contribution in [0.1, 0.15) is 29.1 Å². The maximum absolute atomic E-state index is 12.2. The van der Waals surface area contributed by atoms with E-state index in [2.05, 4.69) is 5.32 Å². The molecule has 122 valence electrons. The van der Waals surface area contributed by atoms with Gasteiger partial charge in [0, 0.05) is 17.0 Å². The molecule has 7 heteroatoms. The number of carbonyl (C=O) groups is 1. The molecule has 0 radical (unpaired) electrons. The van der Waals surface area contributed by atoms with E-state index in [1.165, 1.54) is 6.07 Å². The van der Waals surface area contributed by atoms with Crippen LogP contribution in [-0.2, 0) is 0 Å². The first kappa shape index (κ1) is 15.5. The number of phenols is 1. The maximum Gasteiger partial charge on any atom is 0.310 e. The van der Waals surface area contributed by atoms with Crippen molar-refractivity contribution in [1.82, 2.24) is 5.32 Å². The topological polar surface area (TPSA) is 106 Å². The van der Waals surface area contributed by atoms with Crippen LogP contribution in [0.5, 0.6) is 5.75 Å². The van der Waals surface area contributed by atoms with Crippen LogP contribution in [0.15, 0.2) is 52.9 Å². The summed E-state index contributed by atoms with van der Waals surface area (Å²) in [4.78, 5) is 22.2. The van der Waals surface area contributed by atoms with Crippen molar-refractivity contribution >= 4 is 22.6 Å². The van der Waals surface area contributed by atoms with Crippen LogP contribution in [0.4, 0.5) is 5.69 Å². The molecular formula is C17H14N2O5. The molecule has 0 aliphatic heterocycles. The third-order valence-electron chi connectivity index (χ3n) is 3.65. The number of nitro benzene ring substituents is 1. The standard InChI is InChI=1S/C17H14N2O5/c1-10(16-9-11-4-2-3-5-15(11)24-16)18-17(21)12-6-7-13(19(22)23)14(20)8-12/h2-10,20H,1H3,(H,18,21). The average Bonchev–Trinajstić information content (AvgIpc) is 2.98. The first-order valence-electron chi connectivity index (χ1n) is 7.22. The second-order valence-electron chi connectivity index (χ2n) is 5.34. The highest BCUT2D eigenvalue weighted by Crippen LogP contribution is 2.27. The molecule has 0 aliphatic carbocycles. The quantitative estimate of drug-likeness (QED) is 0.563. The van der Waals surface area contributed by atoms with E-state index in [1.54, 1.807) is 6.92 Å². The molecule has 0 bridgehead atoms. The lowest BCUT2D eigenvalue weighted by atomic mass is 10.1. The van der Waals surface area contributed by atoms with Gasteiger partial charge in [0.05, 0.1) is 11.0 Å². The molecule has 24 heavy (non-hydrogen) atoms. The number of rotatable bonds is 4. The molecule has 0 aliphatic rings. The van der Waals surface area contributed by atoms with Gasteiger partial charge >= 0.3 is 5.69 Å². The summed E-state index contributed by atoms with van der Waals surface area (Å²) in [7, 11) is 0. The molecule has 3 rings (SSSR count). The van der Waals surface area contributed by atoms with E-state index in [0.717, 1.165) is 23.1 Å². The van der Waals surface area contributed by atoms with Crippen LogP contribution in [0, 0.1) is 10.1 Å². The number of hydrogen-bond donors (Lipinski definition) is 2. The van der Waals surface area contributed by atoms with Crippen LogP contribution >= 0.6 is 0 Å². The van der Waals surface area contributed by atoms with Gasteiger partial charge in [-0.25, -0.2) is 0 Å². The van der Waals surface area contributed by atoms with Gasteiger partial charge in [-0.3, -0.25) is 14.9 Å². The molecule has 7 nitrogen and oxygen atoms in total. The van der Waals surface area contributed by atoms with Crippen molar-refractivity contribution in [2.24, 2.45) is 0 Å². The second-order valence-corrected chi connectivity index (χ2v) is 5.34. The zero-order valence-corrected chi connectivity index (χ0v) is 12.7. The molecule has 0 spiro atoms. The number of nitrogens with one attached hydrogen (secondary N) is 1. The van der Waals surface area contributed by atoms with Crippen LogP contribution in [0.3, 0.4) is 0 Å². The van der Waals surface area contributed by atoms with E-state index in [0.29, 0.717) is 5.76 Å². The number of nitro groups is 1. The fourth-order valence-electron chi connectivity index (χ4n) is 2.39. The van der Waals surface area contributed by atoms with Crippen LogP contribution < -0.4 is 5.32 Å². The third-order valence-corrected chi connectivity index (χ3v) is 3.65. The maximum atomic E-state index is 12.2. The number of fused-ring (bicyclic) bond motifs is 1. The Kier molecular flexibility index (Phi) is 3.91. The zero-order valence-electron chi connectivity index (χ0n) is 12.7. The summed E-state index contributed by atoms with van der Waals surface area (Å²) in [5.74, 6) is -0.423. The van der Waals surface area contributed by atoms with Crippen molar-refractivity contribution in [3.8, 4) is 5.75 Å². The molecule has 2 aromatic carbocycles. The highest BCUT2D eigenvalue weighted by molar-refractivity contribution is 5.95. The second kappa shape index (κ2) is 6.04. The van der Waals surface area contributed by atoms with Crippen molar-refractivity contribution in [1.29, 1.82) is 0 Å². The molecule has 1 atom stereocenters. The monoisotopic (exact) mass is 326 g/mol. The Bertz CT molecular complexity index is 899. The molecule has 3 aromatic rings. The highest BCUT2D eigenvalue weighted by atomic mass is 16.6. The summed E-state index contributed by atoms with van der Waals surface area (Å²) in [5, 5.41) is 24.0. The van der Waals surface area contributed by atoms with E-state index in [-0.39, 0.29) is 5.56 Å². The van der Waals surface area contributed by atoms with Crippen LogP contribution in [0.25, 0.3) is 11.0 Å². The lowest BCUT2D eigenvalue weighted by molar-refractivity contribution is -0.385. The number of phenolic OH excluding ortho intramolecular Hbond substituents is 1. The van der Waals surface area contributed by atoms with E-state index in [4.69, 9.17) is 4.42 Å². The number of hydrogen-bond acceptors (Lipinski definition) is 5. The van der Waals surface area contributed by atoms with Gasteiger partial charge in [0.2, 0.25) is 0 Å². The van der Waals surface area contributed by atoms with Gasteiger partial charge in [0.25, 0.3) is 5.91 Å². The Morgan fingerprint density at radius 1 is 1.25 bits per heavy atom. The van der Waals surface area contributed by atoms with Crippen molar-refractivity contribution in [2.75, 3.05) is 0 Å².